The van der Waals surface area contributed by atoms with E-state index in [1.54, 1.807) is 14.2 Å². The molecule has 1 unspecified atom stereocenters. The second-order valence-corrected chi connectivity index (χ2v) is 5.56. The smallest absolute Gasteiger partial charge is 0.123 e. The highest BCUT2D eigenvalue weighted by molar-refractivity contribution is 9.10. The first-order valence-electron chi connectivity index (χ1n) is 6.13. The highest BCUT2D eigenvalue weighted by atomic mass is 79.9. The first kappa shape index (κ1) is 15.5. The Bertz CT molecular complexity index is 369. The molecule has 0 saturated heterocycles. The first-order valence-corrected chi connectivity index (χ1v) is 6.92. The molecular weight excluding hydrogens is 294 g/mol. The normalized spacial score (nSPS) is 12.8. The van der Waals surface area contributed by atoms with E-state index in [0.717, 1.165) is 22.3 Å². The fourth-order valence-electron chi connectivity index (χ4n) is 1.79. The molecular formula is C14H22BrNO2. The number of ether oxygens (including phenoxy) is 2. The minimum atomic E-state index is 0.346. The highest BCUT2D eigenvalue weighted by Gasteiger charge is 2.13. The topological polar surface area (TPSA) is 30.5 Å². The lowest BCUT2D eigenvalue weighted by Gasteiger charge is -2.22. The van der Waals surface area contributed by atoms with Gasteiger partial charge in [-0.2, -0.15) is 0 Å². The van der Waals surface area contributed by atoms with Crippen LogP contribution in [-0.2, 0) is 11.3 Å². The SMILES string of the molecule is COCC(NCc1cc(Br)ccc1OC)C(C)C. The highest BCUT2D eigenvalue weighted by Crippen LogP contribution is 2.23. The lowest BCUT2D eigenvalue weighted by atomic mass is 10.0. The van der Waals surface area contributed by atoms with E-state index in [4.69, 9.17) is 9.47 Å². The maximum absolute atomic E-state index is 5.36. The van der Waals surface area contributed by atoms with Crippen LogP contribution in [0.25, 0.3) is 0 Å². The number of hydrogen-bond donors (Lipinski definition) is 1. The molecule has 1 aromatic rings. The van der Waals surface area contributed by atoms with Gasteiger partial charge in [0.2, 0.25) is 0 Å². The first-order chi connectivity index (χ1) is 8.58. The minimum absolute atomic E-state index is 0.346. The molecule has 0 aliphatic rings. The van der Waals surface area contributed by atoms with Gasteiger partial charge >= 0.3 is 0 Å². The van der Waals surface area contributed by atoms with Crippen molar-refractivity contribution in [2.24, 2.45) is 5.92 Å². The second-order valence-electron chi connectivity index (χ2n) is 4.64. The molecule has 0 aliphatic carbocycles. The van der Waals surface area contributed by atoms with Crippen molar-refractivity contribution in [3.63, 3.8) is 0 Å². The molecule has 0 bridgehead atoms. The summed E-state index contributed by atoms with van der Waals surface area (Å²) in [6.07, 6.45) is 0. The zero-order valence-corrected chi connectivity index (χ0v) is 13.1. The van der Waals surface area contributed by atoms with E-state index < -0.39 is 0 Å². The predicted octanol–water partition coefficient (Wildman–Crippen LogP) is 3.22. The Morgan fingerprint density at radius 1 is 1.28 bits per heavy atom. The van der Waals surface area contributed by atoms with Crippen molar-refractivity contribution in [2.75, 3.05) is 20.8 Å². The van der Waals surface area contributed by atoms with Crippen LogP contribution in [0.1, 0.15) is 19.4 Å². The van der Waals surface area contributed by atoms with Crippen molar-refractivity contribution in [2.45, 2.75) is 26.4 Å². The summed E-state index contributed by atoms with van der Waals surface area (Å²) in [5.74, 6) is 1.44. The molecule has 0 amide bonds. The van der Waals surface area contributed by atoms with E-state index in [-0.39, 0.29) is 0 Å². The average Bonchev–Trinajstić information content (AvgIpc) is 2.34. The van der Waals surface area contributed by atoms with Gasteiger partial charge in [0.25, 0.3) is 0 Å². The van der Waals surface area contributed by atoms with Crippen molar-refractivity contribution >= 4 is 15.9 Å². The van der Waals surface area contributed by atoms with Gasteiger partial charge in [-0.25, -0.2) is 0 Å². The van der Waals surface area contributed by atoms with Crippen LogP contribution in [0.4, 0.5) is 0 Å². The second kappa shape index (κ2) is 7.77. The molecule has 3 nitrogen and oxygen atoms in total. The van der Waals surface area contributed by atoms with E-state index in [9.17, 15) is 0 Å². The van der Waals surface area contributed by atoms with Crippen LogP contribution >= 0.6 is 15.9 Å². The largest absolute Gasteiger partial charge is 0.496 e. The monoisotopic (exact) mass is 315 g/mol. The molecule has 1 rings (SSSR count). The Kier molecular flexibility index (Phi) is 6.68. The fourth-order valence-corrected chi connectivity index (χ4v) is 2.20. The van der Waals surface area contributed by atoms with E-state index in [0.29, 0.717) is 18.6 Å². The van der Waals surface area contributed by atoms with Gasteiger partial charge in [-0.1, -0.05) is 29.8 Å². The molecule has 102 valence electrons. The summed E-state index contributed by atoms with van der Waals surface area (Å²) in [5, 5.41) is 3.51. The molecule has 0 heterocycles. The Balaban J connectivity index is 2.68. The van der Waals surface area contributed by atoms with Gasteiger partial charge in [0.1, 0.15) is 5.75 Å². The van der Waals surface area contributed by atoms with Crippen LogP contribution in [0.5, 0.6) is 5.75 Å². The third-order valence-electron chi connectivity index (χ3n) is 2.95. The maximum Gasteiger partial charge on any atom is 0.123 e. The number of hydrogen-bond acceptors (Lipinski definition) is 3. The molecule has 0 fully saturated rings. The molecule has 0 saturated carbocycles. The van der Waals surface area contributed by atoms with Gasteiger partial charge in [0.15, 0.2) is 0 Å². The molecule has 0 spiro atoms. The Hall–Kier alpha value is -0.580. The summed E-state index contributed by atoms with van der Waals surface area (Å²) < 4.78 is 11.7. The number of benzene rings is 1. The number of halogens is 1. The van der Waals surface area contributed by atoms with Crippen molar-refractivity contribution in [3.8, 4) is 5.75 Å². The molecule has 4 heteroatoms. The Morgan fingerprint density at radius 3 is 2.56 bits per heavy atom. The van der Waals surface area contributed by atoms with Crippen LogP contribution in [0.3, 0.4) is 0 Å². The van der Waals surface area contributed by atoms with Crippen LogP contribution in [0, 0.1) is 5.92 Å². The summed E-state index contributed by atoms with van der Waals surface area (Å²) in [6, 6.07) is 6.38. The molecule has 0 radical (unpaired) electrons. The minimum Gasteiger partial charge on any atom is -0.496 e. The molecule has 0 aliphatic heterocycles. The van der Waals surface area contributed by atoms with Gasteiger partial charge in [0.05, 0.1) is 13.7 Å². The lowest BCUT2D eigenvalue weighted by molar-refractivity contribution is 0.146. The van der Waals surface area contributed by atoms with Crippen molar-refractivity contribution < 1.29 is 9.47 Å². The van der Waals surface area contributed by atoms with Gasteiger partial charge in [-0.05, 0) is 24.1 Å². The lowest BCUT2D eigenvalue weighted by Crippen LogP contribution is -2.37. The average molecular weight is 316 g/mol. The number of rotatable bonds is 7. The van der Waals surface area contributed by atoms with Crippen LogP contribution < -0.4 is 10.1 Å². The Morgan fingerprint density at radius 2 is 2.00 bits per heavy atom. The quantitative estimate of drug-likeness (QED) is 0.838. The van der Waals surface area contributed by atoms with E-state index in [2.05, 4.69) is 41.2 Å². The number of nitrogens with one attached hydrogen (secondary N) is 1. The van der Waals surface area contributed by atoms with E-state index >= 15 is 0 Å². The van der Waals surface area contributed by atoms with Crippen LogP contribution in [-0.4, -0.2) is 26.9 Å². The third-order valence-corrected chi connectivity index (χ3v) is 3.44. The van der Waals surface area contributed by atoms with Crippen molar-refractivity contribution in [1.29, 1.82) is 0 Å². The molecule has 0 aromatic heterocycles. The maximum atomic E-state index is 5.36. The van der Waals surface area contributed by atoms with Gasteiger partial charge in [-0.3, -0.25) is 0 Å². The predicted molar refractivity (Wildman–Crippen MR) is 78.0 cm³/mol. The summed E-state index contributed by atoms with van der Waals surface area (Å²) in [6.45, 7) is 5.87. The summed E-state index contributed by atoms with van der Waals surface area (Å²) in [5.41, 5.74) is 1.15. The molecule has 18 heavy (non-hydrogen) atoms. The molecule has 1 aromatic carbocycles. The van der Waals surface area contributed by atoms with Gasteiger partial charge in [-0.15, -0.1) is 0 Å². The summed E-state index contributed by atoms with van der Waals surface area (Å²) >= 11 is 3.48. The third kappa shape index (κ3) is 4.59. The zero-order chi connectivity index (χ0) is 13.5. The van der Waals surface area contributed by atoms with E-state index in [1.807, 2.05) is 12.1 Å². The van der Waals surface area contributed by atoms with Crippen LogP contribution in [0.2, 0.25) is 0 Å². The molecule has 1 atom stereocenters. The van der Waals surface area contributed by atoms with E-state index in [1.165, 1.54) is 0 Å². The summed E-state index contributed by atoms with van der Waals surface area (Å²) in [4.78, 5) is 0. The standard InChI is InChI=1S/C14H22BrNO2/c1-10(2)13(9-17-3)16-8-11-7-12(15)5-6-14(11)18-4/h5-7,10,13,16H,8-9H2,1-4H3. The Labute approximate surface area is 118 Å². The van der Waals surface area contributed by atoms with Gasteiger partial charge in [0, 0.05) is 29.7 Å². The molecule has 1 N–H and O–H groups in total. The van der Waals surface area contributed by atoms with Crippen molar-refractivity contribution in [1.82, 2.24) is 5.32 Å². The fraction of sp³-hybridized carbons (Fsp3) is 0.571. The summed E-state index contributed by atoms with van der Waals surface area (Å²) in [7, 11) is 3.43. The number of methoxy groups -OCH3 is 2. The van der Waals surface area contributed by atoms with Crippen molar-refractivity contribution in [3.05, 3.63) is 28.2 Å². The van der Waals surface area contributed by atoms with Crippen LogP contribution in [0.15, 0.2) is 22.7 Å². The zero-order valence-electron chi connectivity index (χ0n) is 11.5. The van der Waals surface area contributed by atoms with Gasteiger partial charge < -0.3 is 14.8 Å².